The van der Waals surface area contributed by atoms with Crippen molar-refractivity contribution in [3.05, 3.63) is 0 Å². The number of hydrogen-bond donors (Lipinski definition) is 2. The molecule has 0 spiro atoms. The predicted molar refractivity (Wildman–Crippen MR) is 101 cm³/mol. The summed E-state index contributed by atoms with van der Waals surface area (Å²) in [5, 5.41) is 2.93. The average Bonchev–Trinajstić information content (AvgIpc) is 2.53. The standard InChI is InChI=1S/C21H35N3O2/c1-20(2)13-24(4-3-17(20)22)19(26)12-23-18(25)11-21-8-14-5-15(9-21)7-16(6-14)10-21/h14-17H,3-13,22H2,1-2H3,(H,23,25). The van der Waals surface area contributed by atoms with Crippen LogP contribution in [0.15, 0.2) is 0 Å². The van der Waals surface area contributed by atoms with Crippen LogP contribution in [0.25, 0.3) is 0 Å². The molecule has 0 radical (unpaired) electrons. The fourth-order valence-electron chi connectivity index (χ4n) is 6.78. The summed E-state index contributed by atoms with van der Waals surface area (Å²) >= 11 is 0. The number of nitrogens with two attached hydrogens (primary N) is 1. The highest BCUT2D eigenvalue weighted by atomic mass is 16.2. The third kappa shape index (κ3) is 3.51. The molecule has 5 aliphatic rings. The highest BCUT2D eigenvalue weighted by Gasteiger charge is 2.51. The molecule has 0 aromatic heterocycles. The lowest BCUT2D eigenvalue weighted by atomic mass is 9.49. The predicted octanol–water partition coefficient (Wildman–Crippen LogP) is 2.29. The Labute approximate surface area is 157 Å². The third-order valence-corrected chi connectivity index (χ3v) is 7.80. The number of rotatable bonds is 4. The van der Waals surface area contributed by atoms with Gasteiger partial charge in [0.05, 0.1) is 6.54 Å². The van der Waals surface area contributed by atoms with Crippen molar-refractivity contribution < 1.29 is 9.59 Å². The maximum Gasteiger partial charge on any atom is 0.241 e. The minimum atomic E-state index is -0.0584. The third-order valence-electron chi connectivity index (χ3n) is 7.80. The van der Waals surface area contributed by atoms with Crippen molar-refractivity contribution >= 4 is 11.8 Å². The Balaban J connectivity index is 1.27. The lowest BCUT2D eigenvalue weighted by Gasteiger charge is -2.56. The lowest BCUT2D eigenvalue weighted by molar-refractivity contribution is -0.137. The fourth-order valence-corrected chi connectivity index (χ4v) is 6.78. The van der Waals surface area contributed by atoms with Crippen molar-refractivity contribution in [3.63, 3.8) is 0 Å². The van der Waals surface area contributed by atoms with E-state index in [4.69, 9.17) is 5.73 Å². The minimum Gasteiger partial charge on any atom is -0.347 e. The number of amides is 2. The van der Waals surface area contributed by atoms with E-state index in [2.05, 4.69) is 19.2 Å². The number of carbonyl (C=O) groups is 2. The second kappa shape index (κ2) is 6.50. The van der Waals surface area contributed by atoms with E-state index in [0.717, 1.165) is 24.2 Å². The molecule has 5 fully saturated rings. The smallest absolute Gasteiger partial charge is 0.241 e. The van der Waals surface area contributed by atoms with Gasteiger partial charge in [-0.2, -0.15) is 0 Å². The molecule has 5 rings (SSSR count). The Morgan fingerprint density at radius 2 is 1.65 bits per heavy atom. The topological polar surface area (TPSA) is 75.4 Å². The molecule has 4 bridgehead atoms. The van der Waals surface area contributed by atoms with E-state index in [1.165, 1.54) is 38.5 Å². The van der Waals surface area contributed by atoms with E-state index in [0.29, 0.717) is 19.5 Å². The molecule has 1 heterocycles. The summed E-state index contributed by atoms with van der Waals surface area (Å²) < 4.78 is 0. The van der Waals surface area contributed by atoms with Crippen LogP contribution in [0.2, 0.25) is 0 Å². The summed E-state index contributed by atoms with van der Waals surface area (Å²) in [7, 11) is 0. The molecule has 1 saturated heterocycles. The van der Waals surface area contributed by atoms with Gasteiger partial charge in [-0.1, -0.05) is 13.8 Å². The zero-order valence-electron chi connectivity index (χ0n) is 16.4. The normalized spacial score (nSPS) is 40.5. The van der Waals surface area contributed by atoms with Crippen LogP contribution in [0.3, 0.4) is 0 Å². The zero-order valence-corrected chi connectivity index (χ0v) is 16.4. The Hall–Kier alpha value is -1.10. The Kier molecular flexibility index (Phi) is 4.57. The number of nitrogens with zero attached hydrogens (tertiary/aromatic N) is 1. The molecule has 4 aliphatic carbocycles. The van der Waals surface area contributed by atoms with Gasteiger partial charge in [0.25, 0.3) is 0 Å². The largest absolute Gasteiger partial charge is 0.347 e. The van der Waals surface area contributed by atoms with E-state index in [-0.39, 0.29) is 35.2 Å². The molecule has 4 saturated carbocycles. The molecular weight excluding hydrogens is 326 g/mol. The Bertz CT molecular complexity index is 551. The molecular formula is C21H35N3O2. The van der Waals surface area contributed by atoms with E-state index in [1.807, 2.05) is 4.90 Å². The van der Waals surface area contributed by atoms with Gasteiger partial charge in [-0.15, -0.1) is 0 Å². The molecule has 146 valence electrons. The molecule has 2 amide bonds. The molecule has 5 nitrogen and oxygen atoms in total. The number of carbonyl (C=O) groups excluding carboxylic acids is 2. The van der Waals surface area contributed by atoms with Gasteiger partial charge in [-0.3, -0.25) is 9.59 Å². The van der Waals surface area contributed by atoms with Crippen LogP contribution in [0.5, 0.6) is 0 Å². The molecule has 1 aliphatic heterocycles. The van der Waals surface area contributed by atoms with Crippen LogP contribution < -0.4 is 11.1 Å². The van der Waals surface area contributed by atoms with Crippen LogP contribution in [-0.4, -0.2) is 42.4 Å². The highest BCUT2D eigenvalue weighted by molar-refractivity contribution is 5.85. The van der Waals surface area contributed by atoms with Crippen LogP contribution in [0.1, 0.15) is 65.2 Å². The van der Waals surface area contributed by atoms with Crippen molar-refractivity contribution in [2.24, 2.45) is 34.3 Å². The van der Waals surface area contributed by atoms with Crippen LogP contribution >= 0.6 is 0 Å². The number of hydrogen-bond acceptors (Lipinski definition) is 3. The second-order valence-corrected chi connectivity index (χ2v) is 10.6. The molecule has 26 heavy (non-hydrogen) atoms. The van der Waals surface area contributed by atoms with Gasteiger partial charge < -0.3 is 16.0 Å². The first-order valence-corrected chi connectivity index (χ1v) is 10.5. The van der Waals surface area contributed by atoms with Gasteiger partial charge in [0, 0.05) is 25.6 Å². The van der Waals surface area contributed by atoms with Crippen LogP contribution in [0.4, 0.5) is 0 Å². The summed E-state index contributed by atoms with van der Waals surface area (Å²) in [6, 6.07) is 0.136. The van der Waals surface area contributed by atoms with E-state index in [1.54, 1.807) is 0 Å². The van der Waals surface area contributed by atoms with Crippen molar-refractivity contribution in [2.75, 3.05) is 19.6 Å². The van der Waals surface area contributed by atoms with Crippen molar-refractivity contribution in [2.45, 2.75) is 71.3 Å². The van der Waals surface area contributed by atoms with Crippen LogP contribution in [-0.2, 0) is 9.59 Å². The average molecular weight is 362 g/mol. The molecule has 1 unspecified atom stereocenters. The molecule has 1 atom stereocenters. The molecule has 0 aromatic carbocycles. The Morgan fingerprint density at radius 3 is 2.19 bits per heavy atom. The van der Waals surface area contributed by atoms with Crippen molar-refractivity contribution in [1.29, 1.82) is 0 Å². The maximum absolute atomic E-state index is 12.6. The van der Waals surface area contributed by atoms with Gasteiger partial charge in [-0.25, -0.2) is 0 Å². The van der Waals surface area contributed by atoms with Crippen LogP contribution in [0, 0.1) is 28.6 Å². The molecule has 3 N–H and O–H groups in total. The molecule has 5 heteroatoms. The van der Waals surface area contributed by atoms with Gasteiger partial charge >= 0.3 is 0 Å². The summed E-state index contributed by atoms with van der Waals surface area (Å²) in [5.41, 5.74) is 6.33. The quantitative estimate of drug-likeness (QED) is 0.807. The van der Waals surface area contributed by atoms with Gasteiger partial charge in [-0.05, 0) is 73.5 Å². The summed E-state index contributed by atoms with van der Waals surface area (Å²) in [4.78, 5) is 27.0. The number of likely N-dealkylation sites (tertiary alicyclic amines) is 1. The maximum atomic E-state index is 12.6. The second-order valence-electron chi connectivity index (χ2n) is 10.6. The number of piperidine rings is 1. The number of nitrogens with one attached hydrogen (secondary N) is 1. The van der Waals surface area contributed by atoms with Gasteiger partial charge in [0.2, 0.25) is 11.8 Å². The zero-order chi connectivity index (χ0) is 18.5. The van der Waals surface area contributed by atoms with Crippen molar-refractivity contribution in [1.82, 2.24) is 10.2 Å². The van der Waals surface area contributed by atoms with E-state index < -0.39 is 0 Å². The summed E-state index contributed by atoms with van der Waals surface area (Å²) in [5.74, 6) is 2.68. The van der Waals surface area contributed by atoms with Gasteiger partial charge in [0.1, 0.15) is 0 Å². The molecule has 0 aromatic rings. The summed E-state index contributed by atoms with van der Waals surface area (Å²) in [6.07, 6.45) is 9.35. The van der Waals surface area contributed by atoms with E-state index in [9.17, 15) is 9.59 Å². The first-order valence-electron chi connectivity index (χ1n) is 10.5. The van der Waals surface area contributed by atoms with E-state index >= 15 is 0 Å². The lowest BCUT2D eigenvalue weighted by Crippen LogP contribution is -2.55. The van der Waals surface area contributed by atoms with Crippen molar-refractivity contribution in [3.8, 4) is 0 Å². The minimum absolute atomic E-state index is 0.0313. The fraction of sp³-hybridized carbons (Fsp3) is 0.905. The first-order chi connectivity index (χ1) is 12.2. The van der Waals surface area contributed by atoms with Gasteiger partial charge in [0.15, 0.2) is 0 Å². The highest BCUT2D eigenvalue weighted by Crippen LogP contribution is 2.61. The summed E-state index contributed by atoms with van der Waals surface area (Å²) in [6.45, 7) is 5.74. The first kappa shape index (κ1) is 18.3. The Morgan fingerprint density at radius 1 is 1.08 bits per heavy atom. The SMILES string of the molecule is CC1(C)CN(C(=O)CNC(=O)CC23CC4CC(CC(C4)C2)C3)CCC1N. The monoisotopic (exact) mass is 361 g/mol.